The van der Waals surface area contributed by atoms with Crippen molar-refractivity contribution in [2.75, 3.05) is 6.61 Å². The number of non-ortho nitro benzene ring substituents is 1. The Morgan fingerprint density at radius 2 is 2.18 bits per heavy atom. The van der Waals surface area contributed by atoms with Gasteiger partial charge in [0.05, 0.1) is 16.6 Å². The van der Waals surface area contributed by atoms with E-state index in [2.05, 4.69) is 0 Å². The molecule has 5 nitrogen and oxygen atoms in total. The zero-order chi connectivity index (χ0) is 12.8. The lowest BCUT2D eigenvalue weighted by molar-refractivity contribution is -0.384. The molecule has 0 unspecified atom stereocenters. The Bertz CT molecular complexity index is 462. The number of carbonyl (C=O) groups excluding carboxylic acids is 1. The van der Waals surface area contributed by atoms with Gasteiger partial charge in [0.25, 0.3) is 5.69 Å². The Morgan fingerprint density at radius 3 is 2.71 bits per heavy atom. The number of hydrogen-bond acceptors (Lipinski definition) is 4. The average molecular weight is 235 g/mol. The third-order valence-corrected chi connectivity index (χ3v) is 2.07. The van der Waals surface area contributed by atoms with Crippen LogP contribution in [-0.4, -0.2) is 17.8 Å². The predicted molar refractivity (Wildman–Crippen MR) is 63.4 cm³/mol. The van der Waals surface area contributed by atoms with E-state index < -0.39 is 4.92 Å². The highest BCUT2D eigenvalue weighted by Gasteiger charge is 2.10. The van der Waals surface area contributed by atoms with E-state index >= 15 is 0 Å². The molecule has 0 atom stereocenters. The van der Waals surface area contributed by atoms with E-state index in [-0.39, 0.29) is 18.0 Å². The van der Waals surface area contributed by atoms with Gasteiger partial charge >= 0.3 is 0 Å². The molecule has 0 amide bonds. The van der Waals surface area contributed by atoms with Gasteiger partial charge in [-0.2, -0.15) is 0 Å². The average Bonchev–Trinajstić information content (AvgIpc) is 2.28. The quantitative estimate of drug-likeness (QED) is 0.340. The number of aldehydes is 1. The fraction of sp³-hybridized carbons (Fsp3) is 0.250. The molecule has 0 fully saturated rings. The second-order valence-corrected chi connectivity index (χ2v) is 3.69. The summed E-state index contributed by atoms with van der Waals surface area (Å²) in [7, 11) is 0. The summed E-state index contributed by atoms with van der Waals surface area (Å²) in [5.74, 6) is 0.228. The van der Waals surface area contributed by atoms with Gasteiger partial charge in [-0.1, -0.05) is 5.57 Å². The molecule has 0 radical (unpaired) electrons. The molecule has 0 aliphatic rings. The number of hydrogen-bond donors (Lipinski definition) is 0. The zero-order valence-electron chi connectivity index (χ0n) is 9.67. The number of nitro groups is 1. The fourth-order valence-electron chi connectivity index (χ4n) is 1.16. The van der Waals surface area contributed by atoms with E-state index in [1.165, 1.54) is 18.2 Å². The lowest BCUT2D eigenvalue weighted by atomic mass is 10.2. The van der Waals surface area contributed by atoms with Gasteiger partial charge in [-0.25, -0.2) is 0 Å². The summed E-state index contributed by atoms with van der Waals surface area (Å²) in [4.78, 5) is 20.8. The molecule has 0 aromatic heterocycles. The van der Waals surface area contributed by atoms with Gasteiger partial charge in [-0.15, -0.1) is 0 Å². The summed E-state index contributed by atoms with van der Waals surface area (Å²) in [5.41, 5.74) is 1.28. The van der Waals surface area contributed by atoms with Crippen LogP contribution in [0.4, 0.5) is 5.69 Å². The van der Waals surface area contributed by atoms with Gasteiger partial charge < -0.3 is 4.74 Å². The molecule has 0 heterocycles. The van der Waals surface area contributed by atoms with Gasteiger partial charge in [-0.05, 0) is 26.0 Å². The van der Waals surface area contributed by atoms with Crippen LogP contribution in [0.15, 0.2) is 29.8 Å². The molecule has 1 aromatic carbocycles. The lowest BCUT2D eigenvalue weighted by Gasteiger charge is -2.06. The molecule has 0 aliphatic heterocycles. The van der Waals surface area contributed by atoms with E-state index in [1.54, 1.807) is 0 Å². The molecule has 1 aromatic rings. The maximum absolute atomic E-state index is 10.7. The maximum atomic E-state index is 10.7. The number of nitro benzene ring substituents is 1. The van der Waals surface area contributed by atoms with Gasteiger partial charge in [-0.3, -0.25) is 14.9 Å². The molecule has 0 N–H and O–H groups in total. The second kappa shape index (κ2) is 5.79. The smallest absolute Gasteiger partial charge is 0.273 e. The summed E-state index contributed by atoms with van der Waals surface area (Å²) in [6.45, 7) is 4.11. The minimum absolute atomic E-state index is 0.0946. The molecule has 0 bridgehead atoms. The molecule has 90 valence electrons. The van der Waals surface area contributed by atoms with Crippen molar-refractivity contribution in [1.82, 2.24) is 0 Å². The van der Waals surface area contributed by atoms with Crippen molar-refractivity contribution < 1.29 is 14.5 Å². The van der Waals surface area contributed by atoms with Gasteiger partial charge in [0.2, 0.25) is 0 Å². The van der Waals surface area contributed by atoms with Crippen LogP contribution in [0.25, 0.3) is 0 Å². The van der Waals surface area contributed by atoms with Crippen LogP contribution in [0.5, 0.6) is 5.75 Å². The minimum atomic E-state index is -0.525. The van der Waals surface area contributed by atoms with Crippen LogP contribution < -0.4 is 4.74 Å². The first kappa shape index (κ1) is 12.9. The van der Waals surface area contributed by atoms with Gasteiger partial charge in [0.1, 0.15) is 12.4 Å². The molecule has 1 rings (SSSR count). The summed E-state index contributed by atoms with van der Waals surface area (Å²) in [6.07, 6.45) is 2.44. The van der Waals surface area contributed by atoms with E-state index in [4.69, 9.17) is 4.74 Å². The van der Waals surface area contributed by atoms with E-state index in [1.807, 2.05) is 19.9 Å². The lowest BCUT2D eigenvalue weighted by Crippen LogP contribution is -1.99. The molecule has 0 saturated carbocycles. The Hall–Kier alpha value is -2.17. The van der Waals surface area contributed by atoms with Crippen LogP contribution in [-0.2, 0) is 0 Å². The number of benzene rings is 1. The highest BCUT2D eigenvalue weighted by molar-refractivity contribution is 5.80. The standard InChI is InChI=1S/C12H13NO4/c1-9(2)5-6-17-12-7-11(13(15)16)4-3-10(12)8-14/h3-5,7-8H,6H2,1-2H3. The summed E-state index contributed by atoms with van der Waals surface area (Å²) in [5, 5.41) is 10.6. The molecule has 0 saturated heterocycles. The third kappa shape index (κ3) is 3.71. The van der Waals surface area contributed by atoms with Crippen LogP contribution in [0.2, 0.25) is 0 Å². The molecule has 17 heavy (non-hydrogen) atoms. The number of nitrogens with zero attached hydrogens (tertiary/aromatic N) is 1. The SMILES string of the molecule is CC(C)=CCOc1cc([N+](=O)[O-])ccc1C=O. The van der Waals surface area contributed by atoms with E-state index in [0.717, 1.165) is 5.57 Å². The van der Waals surface area contributed by atoms with Crippen molar-refractivity contribution in [3.63, 3.8) is 0 Å². The molecule has 0 aliphatic carbocycles. The normalized spacial score (nSPS) is 9.53. The largest absolute Gasteiger partial charge is 0.489 e. The Labute approximate surface area is 98.9 Å². The van der Waals surface area contributed by atoms with Crippen molar-refractivity contribution in [3.05, 3.63) is 45.5 Å². The van der Waals surface area contributed by atoms with Crippen molar-refractivity contribution in [1.29, 1.82) is 0 Å². The van der Waals surface area contributed by atoms with E-state index in [0.29, 0.717) is 11.8 Å². The Balaban J connectivity index is 2.94. The number of rotatable bonds is 5. The third-order valence-electron chi connectivity index (χ3n) is 2.07. The number of carbonyl (C=O) groups is 1. The van der Waals surface area contributed by atoms with Crippen molar-refractivity contribution in [2.45, 2.75) is 13.8 Å². The monoisotopic (exact) mass is 235 g/mol. The first-order valence-corrected chi connectivity index (χ1v) is 5.04. The van der Waals surface area contributed by atoms with Crippen LogP contribution in [0, 0.1) is 10.1 Å². The van der Waals surface area contributed by atoms with E-state index in [9.17, 15) is 14.9 Å². The molecular weight excluding hydrogens is 222 g/mol. The first-order valence-electron chi connectivity index (χ1n) is 5.04. The number of ether oxygens (including phenoxy) is 1. The first-order chi connectivity index (χ1) is 8.04. The van der Waals surface area contributed by atoms with Crippen molar-refractivity contribution in [3.8, 4) is 5.75 Å². The summed E-state index contributed by atoms with van der Waals surface area (Å²) in [6, 6.07) is 3.91. The highest BCUT2D eigenvalue weighted by atomic mass is 16.6. The van der Waals surface area contributed by atoms with Gasteiger partial charge in [0, 0.05) is 6.07 Å². The molecule has 5 heteroatoms. The maximum Gasteiger partial charge on any atom is 0.273 e. The molecule has 0 spiro atoms. The Kier molecular flexibility index (Phi) is 4.39. The van der Waals surface area contributed by atoms with Gasteiger partial charge in [0.15, 0.2) is 6.29 Å². The topological polar surface area (TPSA) is 69.4 Å². The highest BCUT2D eigenvalue weighted by Crippen LogP contribution is 2.23. The second-order valence-electron chi connectivity index (χ2n) is 3.69. The Morgan fingerprint density at radius 1 is 1.47 bits per heavy atom. The van der Waals surface area contributed by atoms with Crippen LogP contribution >= 0.6 is 0 Å². The van der Waals surface area contributed by atoms with Crippen LogP contribution in [0.3, 0.4) is 0 Å². The molecular formula is C12H13NO4. The summed E-state index contributed by atoms with van der Waals surface area (Å²) >= 11 is 0. The minimum Gasteiger partial charge on any atom is -0.489 e. The van der Waals surface area contributed by atoms with Crippen LogP contribution in [0.1, 0.15) is 24.2 Å². The predicted octanol–water partition coefficient (Wildman–Crippen LogP) is 2.75. The van der Waals surface area contributed by atoms with Crippen molar-refractivity contribution >= 4 is 12.0 Å². The fourth-order valence-corrected chi connectivity index (χ4v) is 1.16. The summed E-state index contributed by atoms with van der Waals surface area (Å²) < 4.78 is 5.32. The number of allylic oxidation sites excluding steroid dienone is 1. The van der Waals surface area contributed by atoms with Crippen molar-refractivity contribution in [2.24, 2.45) is 0 Å². The zero-order valence-corrected chi connectivity index (χ0v) is 9.67.